The van der Waals surface area contributed by atoms with Crippen LogP contribution in [0.3, 0.4) is 0 Å². The zero-order chi connectivity index (χ0) is 13.1. The Kier molecular flexibility index (Phi) is 5.36. The van der Waals surface area contributed by atoms with Crippen molar-refractivity contribution in [3.63, 3.8) is 0 Å². The normalized spacial score (nSPS) is 14.4. The molecule has 0 N–H and O–H groups in total. The van der Waals surface area contributed by atoms with Gasteiger partial charge in [-0.2, -0.15) is 0 Å². The van der Waals surface area contributed by atoms with E-state index in [1.165, 1.54) is 5.57 Å². The summed E-state index contributed by atoms with van der Waals surface area (Å²) >= 11 is 0. The van der Waals surface area contributed by atoms with Gasteiger partial charge in [-0.05, 0) is 19.9 Å². The van der Waals surface area contributed by atoms with Crippen molar-refractivity contribution in [3.05, 3.63) is 11.6 Å². The Bertz CT molecular complexity index is 270. The number of ketones is 1. The summed E-state index contributed by atoms with van der Waals surface area (Å²) in [5, 5.41) is 0. The molecule has 0 amide bonds. The van der Waals surface area contributed by atoms with Gasteiger partial charge in [0.2, 0.25) is 0 Å². The Hall–Kier alpha value is -0.196. The van der Waals surface area contributed by atoms with Gasteiger partial charge in [0, 0.05) is 6.54 Å². The van der Waals surface area contributed by atoms with Gasteiger partial charge in [0.05, 0.1) is 0 Å². The Balaban J connectivity index is 4.91. The smallest absolute Gasteiger partial charge is 0.152 e. The molecule has 0 radical (unpaired) electrons. The maximum absolute atomic E-state index is 11.1. The van der Waals surface area contributed by atoms with E-state index in [-0.39, 0.29) is 5.78 Å². The molecule has 0 heterocycles. The van der Waals surface area contributed by atoms with E-state index in [4.69, 9.17) is 0 Å². The van der Waals surface area contributed by atoms with Crippen molar-refractivity contribution >= 4 is 22.3 Å². The molecule has 94 valence electrons. The van der Waals surface area contributed by atoms with E-state index >= 15 is 0 Å². The number of hydrogen-bond donors (Lipinski definition) is 0. The van der Waals surface area contributed by atoms with Crippen molar-refractivity contribution in [2.45, 2.75) is 53.1 Å². The van der Waals surface area contributed by atoms with Gasteiger partial charge in [-0.3, -0.25) is 4.79 Å². The lowest BCUT2D eigenvalue weighted by molar-refractivity contribution is -0.112. The fraction of sp³-hybridized carbons (Fsp3) is 0.750. The van der Waals surface area contributed by atoms with E-state index in [2.05, 4.69) is 50.4 Å². The Morgan fingerprint density at radius 3 is 1.62 bits per heavy atom. The minimum Gasteiger partial charge on any atom is -0.342 e. The monoisotopic (exact) mass is 257 g/mol. The number of rotatable bonds is 5. The standard InChI is InChI=1S/C12H27NOSi2/c1-11(9-12(2)14)10-13(15(3,4)5)16(6,7)8/h9H,10H2,1-8H3/b11-9-. The fourth-order valence-electron chi connectivity index (χ4n) is 2.12. The van der Waals surface area contributed by atoms with Gasteiger partial charge in [0.25, 0.3) is 0 Å². The first kappa shape index (κ1) is 15.8. The molecule has 0 aliphatic rings. The van der Waals surface area contributed by atoms with Crippen LogP contribution in [0.1, 0.15) is 13.8 Å². The molecule has 4 heteroatoms. The molecule has 0 rings (SSSR count). The molecule has 0 aromatic carbocycles. The van der Waals surface area contributed by atoms with Crippen LogP contribution in [-0.2, 0) is 4.79 Å². The maximum atomic E-state index is 11.1. The van der Waals surface area contributed by atoms with E-state index < -0.39 is 16.5 Å². The third-order valence-electron chi connectivity index (χ3n) is 2.48. The van der Waals surface area contributed by atoms with Gasteiger partial charge in [-0.1, -0.05) is 44.9 Å². The molecule has 0 aliphatic carbocycles. The summed E-state index contributed by atoms with van der Waals surface area (Å²) in [6.07, 6.45) is 1.77. The molecule has 16 heavy (non-hydrogen) atoms. The highest BCUT2D eigenvalue weighted by Crippen LogP contribution is 2.20. The van der Waals surface area contributed by atoms with Crippen LogP contribution in [0.2, 0.25) is 39.3 Å². The van der Waals surface area contributed by atoms with Gasteiger partial charge >= 0.3 is 0 Å². The van der Waals surface area contributed by atoms with Gasteiger partial charge in [0.15, 0.2) is 5.78 Å². The van der Waals surface area contributed by atoms with Crippen LogP contribution in [0, 0.1) is 0 Å². The molecule has 0 fully saturated rings. The van der Waals surface area contributed by atoms with Crippen LogP contribution in [0.4, 0.5) is 0 Å². The van der Waals surface area contributed by atoms with Gasteiger partial charge in [-0.25, -0.2) is 0 Å². The van der Waals surface area contributed by atoms with Crippen molar-refractivity contribution < 1.29 is 4.79 Å². The summed E-state index contributed by atoms with van der Waals surface area (Å²) in [4.78, 5) is 11.1. The zero-order valence-corrected chi connectivity index (χ0v) is 14.1. The van der Waals surface area contributed by atoms with E-state index in [0.717, 1.165) is 6.54 Å². The lowest BCUT2D eigenvalue weighted by Gasteiger charge is -2.43. The molecule has 0 saturated heterocycles. The summed E-state index contributed by atoms with van der Waals surface area (Å²) in [5.41, 5.74) is 1.19. The van der Waals surface area contributed by atoms with Crippen LogP contribution in [0.5, 0.6) is 0 Å². The minimum absolute atomic E-state index is 0.156. The number of carbonyl (C=O) groups excluding carboxylic acids is 1. The third-order valence-corrected chi connectivity index (χ3v) is 10.1. The molecular formula is C12H27NOSi2. The zero-order valence-electron chi connectivity index (χ0n) is 12.1. The van der Waals surface area contributed by atoms with E-state index in [1.54, 1.807) is 13.0 Å². The van der Waals surface area contributed by atoms with Crippen molar-refractivity contribution in [2.75, 3.05) is 6.54 Å². The van der Waals surface area contributed by atoms with E-state index in [9.17, 15) is 4.79 Å². The molecule has 0 saturated carbocycles. The summed E-state index contributed by atoms with van der Waals surface area (Å²) < 4.78 is 2.69. The summed E-state index contributed by atoms with van der Waals surface area (Å²) in [7, 11) is -2.59. The number of allylic oxidation sites excluding steroid dienone is 1. The average molecular weight is 258 g/mol. The fourth-order valence-corrected chi connectivity index (χ4v) is 11.6. The second-order valence-corrected chi connectivity index (χ2v) is 16.7. The highest BCUT2D eigenvalue weighted by molar-refractivity contribution is 6.89. The second-order valence-electron chi connectivity index (χ2n) is 6.53. The number of hydrogen-bond acceptors (Lipinski definition) is 2. The van der Waals surface area contributed by atoms with Gasteiger partial charge < -0.3 is 4.23 Å². The van der Waals surface area contributed by atoms with Crippen molar-refractivity contribution in [1.82, 2.24) is 4.23 Å². The molecule has 2 nitrogen and oxygen atoms in total. The molecule has 0 unspecified atom stereocenters. The van der Waals surface area contributed by atoms with E-state index in [1.807, 2.05) is 0 Å². The van der Waals surface area contributed by atoms with Gasteiger partial charge in [0.1, 0.15) is 16.5 Å². The lowest BCUT2D eigenvalue weighted by atomic mass is 10.2. The molecule has 0 aromatic heterocycles. The predicted molar refractivity (Wildman–Crippen MR) is 77.8 cm³/mol. The summed E-state index contributed by atoms with van der Waals surface area (Å²) in [5.74, 6) is 0.156. The third kappa shape index (κ3) is 5.77. The Labute approximate surface area is 103 Å². The van der Waals surface area contributed by atoms with Crippen molar-refractivity contribution in [1.29, 1.82) is 0 Å². The van der Waals surface area contributed by atoms with Crippen LogP contribution in [0.15, 0.2) is 11.6 Å². The first-order valence-electron chi connectivity index (χ1n) is 5.90. The highest BCUT2D eigenvalue weighted by Gasteiger charge is 2.33. The first-order chi connectivity index (χ1) is 6.94. The summed E-state index contributed by atoms with van der Waals surface area (Å²) in [6.45, 7) is 18.9. The van der Waals surface area contributed by atoms with Crippen molar-refractivity contribution in [3.8, 4) is 0 Å². The number of nitrogens with zero attached hydrogens (tertiary/aromatic N) is 1. The topological polar surface area (TPSA) is 20.3 Å². The van der Waals surface area contributed by atoms with Gasteiger partial charge in [-0.15, -0.1) is 0 Å². The Morgan fingerprint density at radius 1 is 1.00 bits per heavy atom. The lowest BCUT2D eigenvalue weighted by Crippen LogP contribution is -2.59. The van der Waals surface area contributed by atoms with Crippen LogP contribution >= 0.6 is 0 Å². The summed E-state index contributed by atoms with van der Waals surface area (Å²) in [6, 6.07) is 0. The second kappa shape index (κ2) is 5.42. The molecule has 0 spiro atoms. The largest absolute Gasteiger partial charge is 0.342 e. The molecular weight excluding hydrogens is 230 g/mol. The molecule has 0 bridgehead atoms. The SMILES string of the molecule is CC(=O)/C=C(/C)CN([Si](C)(C)C)[Si](C)(C)C. The number of carbonyl (C=O) groups is 1. The average Bonchev–Trinajstić information content (AvgIpc) is 1.94. The molecule has 0 atom stereocenters. The first-order valence-corrected chi connectivity index (χ1v) is 12.8. The predicted octanol–water partition coefficient (Wildman–Crippen LogP) is 3.49. The Morgan fingerprint density at radius 2 is 1.38 bits per heavy atom. The molecule has 0 aromatic rings. The minimum atomic E-state index is -1.29. The maximum Gasteiger partial charge on any atom is 0.152 e. The van der Waals surface area contributed by atoms with Crippen LogP contribution in [-0.4, -0.2) is 33.0 Å². The van der Waals surface area contributed by atoms with Crippen LogP contribution in [0.25, 0.3) is 0 Å². The van der Waals surface area contributed by atoms with Crippen molar-refractivity contribution in [2.24, 2.45) is 0 Å². The van der Waals surface area contributed by atoms with E-state index in [0.29, 0.717) is 0 Å². The quantitative estimate of drug-likeness (QED) is 0.555. The molecule has 0 aliphatic heterocycles. The van der Waals surface area contributed by atoms with Crippen LogP contribution < -0.4 is 0 Å². The highest BCUT2D eigenvalue weighted by atomic mass is 28.4.